The largest absolute Gasteiger partial charge is 0.446 e. The van der Waals surface area contributed by atoms with Gasteiger partial charge in [-0.1, -0.05) is 81.4 Å². The van der Waals surface area contributed by atoms with Gasteiger partial charge in [-0.2, -0.15) is 0 Å². The van der Waals surface area contributed by atoms with Gasteiger partial charge < -0.3 is 9.47 Å². The minimum Gasteiger partial charge on any atom is -0.446 e. The molecule has 5 nitrogen and oxygen atoms in total. The molecule has 0 saturated carbocycles. The molecule has 0 N–H and O–H groups in total. The first-order valence-electron chi connectivity index (χ1n) is 11.6. The smallest absolute Gasteiger partial charge is 0.417 e. The van der Waals surface area contributed by atoms with Crippen LogP contribution in [0.4, 0.5) is 4.79 Å². The molecule has 1 fully saturated rings. The Kier molecular flexibility index (Phi) is 8.86. The molecule has 172 valence electrons. The summed E-state index contributed by atoms with van der Waals surface area (Å²) >= 11 is 0. The molecule has 1 heterocycles. The Morgan fingerprint density at radius 2 is 1.59 bits per heavy atom. The van der Waals surface area contributed by atoms with E-state index in [0.717, 1.165) is 25.0 Å². The van der Waals surface area contributed by atoms with E-state index in [0.29, 0.717) is 24.9 Å². The lowest BCUT2D eigenvalue weighted by Gasteiger charge is -2.24. The quantitative estimate of drug-likeness (QED) is 0.432. The fourth-order valence-electron chi connectivity index (χ4n) is 4.59. The van der Waals surface area contributed by atoms with Gasteiger partial charge in [-0.3, -0.25) is 4.79 Å². The summed E-state index contributed by atoms with van der Waals surface area (Å²) in [5, 5.41) is 0. The van der Waals surface area contributed by atoms with Crippen LogP contribution in [0.25, 0.3) is 0 Å². The van der Waals surface area contributed by atoms with Crippen LogP contribution < -0.4 is 0 Å². The Balaban J connectivity index is 1.42. The topological polar surface area (TPSA) is 55.8 Å². The van der Waals surface area contributed by atoms with Crippen LogP contribution >= 0.6 is 0 Å². The number of benzene rings is 2. The van der Waals surface area contributed by atoms with Gasteiger partial charge in [0.1, 0.15) is 12.6 Å². The van der Waals surface area contributed by atoms with Gasteiger partial charge in [0.15, 0.2) is 0 Å². The zero-order valence-corrected chi connectivity index (χ0v) is 19.4. The van der Waals surface area contributed by atoms with E-state index in [9.17, 15) is 9.59 Å². The Morgan fingerprint density at radius 3 is 2.28 bits per heavy atom. The number of nitrogens with zero attached hydrogens (tertiary/aromatic N) is 1. The van der Waals surface area contributed by atoms with Crippen molar-refractivity contribution in [3.8, 4) is 0 Å². The predicted molar refractivity (Wildman–Crippen MR) is 125 cm³/mol. The summed E-state index contributed by atoms with van der Waals surface area (Å²) in [7, 11) is 0. The van der Waals surface area contributed by atoms with Crippen LogP contribution in [-0.2, 0) is 20.9 Å². The third-order valence-corrected chi connectivity index (χ3v) is 5.97. The lowest BCUT2D eigenvalue weighted by atomic mass is 9.88. The van der Waals surface area contributed by atoms with E-state index >= 15 is 0 Å². The second-order valence-corrected chi connectivity index (χ2v) is 9.26. The number of hydrogen-bond donors (Lipinski definition) is 0. The first-order valence-corrected chi connectivity index (χ1v) is 11.6. The number of rotatable bonds is 11. The van der Waals surface area contributed by atoms with Crippen LogP contribution in [0.5, 0.6) is 0 Å². The van der Waals surface area contributed by atoms with Crippen LogP contribution in [0.2, 0.25) is 0 Å². The highest BCUT2D eigenvalue weighted by Gasteiger charge is 2.39. The molecular weight excluding hydrogens is 402 g/mol. The molecule has 5 heteroatoms. The van der Waals surface area contributed by atoms with Crippen molar-refractivity contribution in [2.24, 2.45) is 17.8 Å². The molecule has 0 radical (unpaired) electrons. The first kappa shape index (κ1) is 24.0. The normalized spacial score (nSPS) is 18.8. The van der Waals surface area contributed by atoms with Crippen molar-refractivity contribution in [1.29, 1.82) is 0 Å². The molecule has 0 aliphatic carbocycles. The van der Waals surface area contributed by atoms with Crippen molar-refractivity contribution < 1.29 is 19.1 Å². The highest BCUT2D eigenvalue weighted by molar-refractivity contribution is 5.93. The van der Waals surface area contributed by atoms with Crippen LogP contribution in [0.3, 0.4) is 0 Å². The van der Waals surface area contributed by atoms with Crippen molar-refractivity contribution in [3.05, 3.63) is 71.8 Å². The van der Waals surface area contributed by atoms with Crippen molar-refractivity contribution in [2.45, 2.75) is 52.7 Å². The summed E-state index contributed by atoms with van der Waals surface area (Å²) in [5.41, 5.74) is 2.12. The summed E-state index contributed by atoms with van der Waals surface area (Å²) in [6, 6.07) is 19.5. The Hall–Kier alpha value is -2.66. The lowest BCUT2D eigenvalue weighted by molar-refractivity contribution is -0.130. The average molecular weight is 438 g/mol. The van der Waals surface area contributed by atoms with E-state index in [4.69, 9.17) is 9.47 Å². The zero-order valence-electron chi connectivity index (χ0n) is 19.4. The molecule has 4 atom stereocenters. The monoisotopic (exact) mass is 437 g/mol. The number of carbonyl (C=O) groups is 2. The minimum atomic E-state index is -0.534. The first-order chi connectivity index (χ1) is 15.4. The lowest BCUT2D eigenvalue weighted by Crippen LogP contribution is -2.35. The summed E-state index contributed by atoms with van der Waals surface area (Å²) in [4.78, 5) is 26.5. The number of imide groups is 1. The van der Waals surface area contributed by atoms with Gasteiger partial charge in [0, 0.05) is 13.0 Å². The third-order valence-electron chi connectivity index (χ3n) is 5.97. The van der Waals surface area contributed by atoms with Gasteiger partial charge >= 0.3 is 6.09 Å². The molecule has 0 spiro atoms. The minimum absolute atomic E-state index is 0.153. The molecule has 2 amide bonds. The fraction of sp³-hybridized carbons (Fsp3) is 0.481. The van der Waals surface area contributed by atoms with Crippen molar-refractivity contribution >= 4 is 12.0 Å². The number of carbonyl (C=O) groups excluding carboxylic acids is 2. The molecule has 0 unspecified atom stereocenters. The van der Waals surface area contributed by atoms with Gasteiger partial charge in [0.05, 0.1) is 6.61 Å². The molecule has 2 aromatic carbocycles. The van der Waals surface area contributed by atoms with Crippen LogP contribution in [0.15, 0.2) is 60.7 Å². The Labute approximate surface area is 191 Å². The predicted octanol–water partition coefficient (Wildman–Crippen LogP) is 6.00. The van der Waals surface area contributed by atoms with Crippen molar-refractivity contribution in [1.82, 2.24) is 4.90 Å². The van der Waals surface area contributed by atoms with E-state index in [-0.39, 0.29) is 24.5 Å². The number of ether oxygens (including phenoxy) is 2. The van der Waals surface area contributed by atoms with Gasteiger partial charge in [-0.25, -0.2) is 9.69 Å². The summed E-state index contributed by atoms with van der Waals surface area (Å²) in [6.45, 7) is 8.11. The third kappa shape index (κ3) is 6.92. The number of amides is 2. The molecule has 0 aromatic heterocycles. The van der Waals surface area contributed by atoms with Crippen LogP contribution in [0, 0.1) is 17.8 Å². The van der Waals surface area contributed by atoms with E-state index in [1.807, 2.05) is 48.5 Å². The Bertz CT molecular complexity index is 854. The summed E-state index contributed by atoms with van der Waals surface area (Å²) in [6.07, 6.45) is 1.80. The molecule has 1 aliphatic rings. The van der Waals surface area contributed by atoms with Gasteiger partial charge in [-0.15, -0.1) is 0 Å². The maximum atomic E-state index is 12.9. The van der Waals surface area contributed by atoms with Gasteiger partial charge in [0.25, 0.3) is 0 Å². The zero-order chi connectivity index (χ0) is 22.9. The van der Waals surface area contributed by atoms with E-state index in [1.54, 1.807) is 0 Å². The second-order valence-electron chi connectivity index (χ2n) is 9.26. The standard InChI is InChI=1S/C27H35NO4/c1-20(15-22(3)17-31-18-23-10-6-4-7-11-23)14-21(2)16-26(29)28-25(19-32-27(28)30)24-12-8-5-9-13-24/h4-13,20-22,25H,14-19H2,1-3H3/t20-,21+,22+,25+/m1/s1. The molecule has 1 saturated heterocycles. The maximum Gasteiger partial charge on any atom is 0.417 e. The molecule has 3 rings (SSSR count). The number of hydrogen-bond acceptors (Lipinski definition) is 4. The molecule has 1 aliphatic heterocycles. The van der Waals surface area contributed by atoms with Crippen LogP contribution in [-0.4, -0.2) is 30.1 Å². The maximum absolute atomic E-state index is 12.9. The highest BCUT2D eigenvalue weighted by Crippen LogP contribution is 2.30. The molecule has 32 heavy (non-hydrogen) atoms. The van der Waals surface area contributed by atoms with E-state index in [2.05, 4.69) is 32.9 Å². The molecule has 0 bridgehead atoms. The van der Waals surface area contributed by atoms with Crippen LogP contribution in [0.1, 0.15) is 57.2 Å². The van der Waals surface area contributed by atoms with Gasteiger partial charge in [-0.05, 0) is 41.7 Å². The fourth-order valence-corrected chi connectivity index (χ4v) is 4.59. The highest BCUT2D eigenvalue weighted by atomic mass is 16.6. The Morgan fingerprint density at radius 1 is 0.969 bits per heavy atom. The van der Waals surface area contributed by atoms with E-state index in [1.165, 1.54) is 10.5 Å². The van der Waals surface area contributed by atoms with Crippen molar-refractivity contribution in [2.75, 3.05) is 13.2 Å². The van der Waals surface area contributed by atoms with Crippen molar-refractivity contribution in [3.63, 3.8) is 0 Å². The summed E-state index contributed by atoms with van der Waals surface area (Å²) < 4.78 is 11.1. The SMILES string of the molecule is C[C@@H](C[C@H](C)COCc1ccccc1)C[C@H](C)CC(=O)N1C(=O)OC[C@H]1c1ccccc1. The number of cyclic esters (lactones) is 1. The summed E-state index contributed by atoms with van der Waals surface area (Å²) in [5.74, 6) is 0.969. The second kappa shape index (κ2) is 11.8. The van der Waals surface area contributed by atoms with E-state index < -0.39 is 6.09 Å². The average Bonchev–Trinajstić information content (AvgIpc) is 3.16. The van der Waals surface area contributed by atoms with Gasteiger partial charge in [0.2, 0.25) is 5.91 Å². The molecule has 2 aromatic rings. The molecular formula is C27H35NO4.